The van der Waals surface area contributed by atoms with E-state index in [-0.39, 0.29) is 10.8 Å². The fourth-order valence-corrected chi connectivity index (χ4v) is 1.73. The monoisotopic (exact) mass is 273 g/mol. The van der Waals surface area contributed by atoms with Crippen LogP contribution < -0.4 is 11.1 Å². The Morgan fingerprint density at radius 2 is 2.00 bits per heavy atom. The van der Waals surface area contributed by atoms with Crippen LogP contribution in [0.2, 0.25) is 0 Å². The highest BCUT2D eigenvalue weighted by atomic mass is 32.1. The Hall–Kier alpha value is -2.47. The van der Waals surface area contributed by atoms with E-state index in [2.05, 4.69) is 10.3 Å². The number of benzene rings is 1. The second-order valence-corrected chi connectivity index (χ2v) is 4.22. The number of carboxylic acids is 1. The fraction of sp³-hybridized carbons (Fsp3) is 0. The van der Waals surface area contributed by atoms with Gasteiger partial charge in [-0.25, -0.2) is 9.78 Å². The smallest absolute Gasteiger partial charge is 0.354 e. The summed E-state index contributed by atoms with van der Waals surface area (Å²) in [7, 11) is 0. The SMILES string of the molecule is NC(=S)Nc1cccc(-c2cccc(C(=O)O)n2)c1. The van der Waals surface area contributed by atoms with E-state index < -0.39 is 5.97 Å². The minimum Gasteiger partial charge on any atom is -0.477 e. The molecule has 0 fully saturated rings. The molecule has 0 unspecified atom stereocenters. The lowest BCUT2D eigenvalue weighted by Gasteiger charge is -2.06. The molecule has 1 heterocycles. The predicted molar refractivity (Wildman–Crippen MR) is 77.0 cm³/mol. The van der Waals surface area contributed by atoms with E-state index in [4.69, 9.17) is 23.1 Å². The van der Waals surface area contributed by atoms with Gasteiger partial charge in [0.05, 0.1) is 5.69 Å². The van der Waals surface area contributed by atoms with Crippen LogP contribution in [-0.2, 0) is 0 Å². The van der Waals surface area contributed by atoms with Crippen LogP contribution in [0.3, 0.4) is 0 Å². The fourth-order valence-electron chi connectivity index (χ4n) is 1.61. The molecule has 0 saturated carbocycles. The Morgan fingerprint density at radius 3 is 2.68 bits per heavy atom. The molecular weight excluding hydrogens is 262 g/mol. The molecule has 19 heavy (non-hydrogen) atoms. The molecular formula is C13H11N3O2S. The third-order valence-electron chi connectivity index (χ3n) is 2.39. The van der Waals surface area contributed by atoms with Crippen LogP contribution in [0.5, 0.6) is 0 Å². The summed E-state index contributed by atoms with van der Waals surface area (Å²) in [5, 5.41) is 11.9. The van der Waals surface area contributed by atoms with E-state index in [1.165, 1.54) is 6.07 Å². The topological polar surface area (TPSA) is 88.2 Å². The first-order valence-electron chi connectivity index (χ1n) is 5.43. The molecule has 0 aliphatic carbocycles. The van der Waals surface area contributed by atoms with E-state index in [0.717, 1.165) is 11.3 Å². The maximum Gasteiger partial charge on any atom is 0.354 e. The molecule has 0 bridgehead atoms. The third-order valence-corrected chi connectivity index (χ3v) is 2.50. The molecule has 96 valence electrons. The number of anilines is 1. The molecule has 6 heteroatoms. The molecule has 0 amide bonds. The van der Waals surface area contributed by atoms with Crippen molar-refractivity contribution < 1.29 is 9.90 Å². The molecule has 0 aliphatic rings. The predicted octanol–water partition coefficient (Wildman–Crippen LogP) is 2.10. The van der Waals surface area contributed by atoms with Gasteiger partial charge in [-0.3, -0.25) is 0 Å². The summed E-state index contributed by atoms with van der Waals surface area (Å²) in [6, 6.07) is 12.1. The van der Waals surface area contributed by atoms with Gasteiger partial charge in [-0.2, -0.15) is 0 Å². The lowest BCUT2D eigenvalue weighted by molar-refractivity contribution is 0.0690. The van der Waals surface area contributed by atoms with Crippen molar-refractivity contribution in [3.05, 3.63) is 48.2 Å². The van der Waals surface area contributed by atoms with Crippen LogP contribution in [0, 0.1) is 0 Å². The minimum atomic E-state index is -1.06. The Kier molecular flexibility index (Phi) is 3.72. The van der Waals surface area contributed by atoms with Crippen molar-refractivity contribution in [3.63, 3.8) is 0 Å². The van der Waals surface area contributed by atoms with Crippen LogP contribution in [-0.4, -0.2) is 21.2 Å². The van der Waals surface area contributed by atoms with Crippen LogP contribution in [0.1, 0.15) is 10.5 Å². The number of aromatic nitrogens is 1. The van der Waals surface area contributed by atoms with E-state index in [1.807, 2.05) is 18.2 Å². The number of nitrogens with zero attached hydrogens (tertiary/aromatic N) is 1. The number of nitrogens with two attached hydrogens (primary N) is 1. The summed E-state index contributed by atoms with van der Waals surface area (Å²) < 4.78 is 0. The number of nitrogens with one attached hydrogen (secondary N) is 1. The van der Waals surface area contributed by atoms with Crippen LogP contribution >= 0.6 is 12.2 Å². The molecule has 0 saturated heterocycles. The normalized spacial score (nSPS) is 9.89. The first-order valence-corrected chi connectivity index (χ1v) is 5.84. The summed E-state index contributed by atoms with van der Waals surface area (Å²) in [6.07, 6.45) is 0. The first kappa shape index (κ1) is 13.0. The molecule has 0 atom stereocenters. The minimum absolute atomic E-state index is 0.00482. The summed E-state index contributed by atoms with van der Waals surface area (Å²) in [4.78, 5) is 15.0. The zero-order valence-corrected chi connectivity index (χ0v) is 10.6. The number of hydrogen-bond acceptors (Lipinski definition) is 3. The standard InChI is InChI=1S/C13H11N3O2S/c14-13(19)15-9-4-1-3-8(7-9)10-5-2-6-11(16-10)12(17)18/h1-7H,(H,17,18)(H3,14,15,19). The van der Waals surface area contributed by atoms with Gasteiger partial charge < -0.3 is 16.2 Å². The maximum absolute atomic E-state index is 10.9. The number of carbonyl (C=O) groups is 1. The van der Waals surface area contributed by atoms with E-state index in [1.54, 1.807) is 18.2 Å². The van der Waals surface area contributed by atoms with Crippen LogP contribution in [0.15, 0.2) is 42.5 Å². The van der Waals surface area contributed by atoms with Crippen LogP contribution in [0.4, 0.5) is 5.69 Å². The molecule has 0 aliphatic heterocycles. The average molecular weight is 273 g/mol. The zero-order valence-electron chi connectivity index (χ0n) is 9.83. The molecule has 5 nitrogen and oxygen atoms in total. The van der Waals surface area contributed by atoms with Crippen molar-refractivity contribution in [3.8, 4) is 11.3 Å². The molecule has 1 aromatic carbocycles. The third kappa shape index (κ3) is 3.26. The number of hydrogen-bond donors (Lipinski definition) is 3. The Balaban J connectivity index is 2.38. The van der Waals surface area contributed by atoms with Crippen molar-refractivity contribution >= 4 is 29.0 Å². The van der Waals surface area contributed by atoms with Gasteiger partial charge >= 0.3 is 5.97 Å². The van der Waals surface area contributed by atoms with Crippen molar-refractivity contribution in [1.82, 2.24) is 4.98 Å². The van der Waals surface area contributed by atoms with Crippen molar-refractivity contribution in [1.29, 1.82) is 0 Å². The second kappa shape index (κ2) is 5.45. The molecule has 0 spiro atoms. The van der Waals surface area contributed by atoms with Gasteiger partial charge in [0.1, 0.15) is 5.69 Å². The average Bonchev–Trinajstić information content (AvgIpc) is 2.38. The van der Waals surface area contributed by atoms with E-state index >= 15 is 0 Å². The van der Waals surface area contributed by atoms with Gasteiger partial charge in [0.2, 0.25) is 0 Å². The molecule has 1 aromatic heterocycles. The van der Waals surface area contributed by atoms with Gasteiger partial charge in [-0.05, 0) is 36.5 Å². The van der Waals surface area contributed by atoms with Crippen LogP contribution in [0.25, 0.3) is 11.3 Å². The van der Waals surface area contributed by atoms with E-state index in [0.29, 0.717) is 5.69 Å². The highest BCUT2D eigenvalue weighted by Gasteiger charge is 2.07. The summed E-state index contributed by atoms with van der Waals surface area (Å²) in [5.74, 6) is -1.06. The summed E-state index contributed by atoms with van der Waals surface area (Å²) in [5.41, 5.74) is 7.50. The number of rotatable bonds is 3. The molecule has 4 N–H and O–H groups in total. The second-order valence-electron chi connectivity index (χ2n) is 3.78. The van der Waals surface area contributed by atoms with Gasteiger partial charge in [-0.15, -0.1) is 0 Å². The van der Waals surface area contributed by atoms with Gasteiger partial charge in [0.25, 0.3) is 0 Å². The Bertz CT molecular complexity index is 643. The lowest BCUT2D eigenvalue weighted by Crippen LogP contribution is -2.18. The first-order chi connectivity index (χ1) is 9.06. The quantitative estimate of drug-likeness (QED) is 0.742. The Morgan fingerprint density at radius 1 is 1.26 bits per heavy atom. The van der Waals surface area contributed by atoms with E-state index in [9.17, 15) is 4.79 Å². The number of thiocarbonyl (C=S) groups is 1. The molecule has 2 aromatic rings. The summed E-state index contributed by atoms with van der Waals surface area (Å²) >= 11 is 4.77. The van der Waals surface area contributed by atoms with Crippen molar-refractivity contribution in [2.45, 2.75) is 0 Å². The van der Waals surface area contributed by atoms with Gasteiger partial charge in [0.15, 0.2) is 5.11 Å². The van der Waals surface area contributed by atoms with Crippen molar-refractivity contribution in [2.75, 3.05) is 5.32 Å². The Labute approximate surface area is 115 Å². The highest BCUT2D eigenvalue weighted by Crippen LogP contribution is 2.21. The van der Waals surface area contributed by atoms with Gasteiger partial charge in [0, 0.05) is 11.3 Å². The number of aromatic carboxylic acids is 1. The zero-order chi connectivity index (χ0) is 13.8. The largest absolute Gasteiger partial charge is 0.477 e. The highest BCUT2D eigenvalue weighted by molar-refractivity contribution is 7.80. The number of carboxylic acid groups (broad SMARTS) is 1. The van der Waals surface area contributed by atoms with Gasteiger partial charge in [-0.1, -0.05) is 18.2 Å². The number of pyridine rings is 1. The lowest BCUT2D eigenvalue weighted by atomic mass is 10.1. The molecule has 0 radical (unpaired) electrons. The maximum atomic E-state index is 10.9. The summed E-state index contributed by atoms with van der Waals surface area (Å²) in [6.45, 7) is 0. The molecule has 2 rings (SSSR count). The van der Waals surface area contributed by atoms with Crippen molar-refractivity contribution in [2.24, 2.45) is 5.73 Å².